The van der Waals surface area contributed by atoms with Crippen molar-refractivity contribution in [1.29, 1.82) is 5.26 Å². The SMILES string of the molecule is C[C@H](OC(=O)CCl)[C@H](/C=C/C=C/C#N)N=[N+]=[N-]. The number of azide groups is 1. The van der Waals surface area contributed by atoms with Crippen LogP contribution in [-0.2, 0) is 9.53 Å². The van der Waals surface area contributed by atoms with Crippen LogP contribution in [0.2, 0.25) is 0 Å². The molecule has 0 rings (SSSR count). The summed E-state index contributed by atoms with van der Waals surface area (Å²) in [6.07, 6.45) is 5.19. The fourth-order valence-corrected chi connectivity index (χ4v) is 0.997. The number of nitriles is 1. The minimum Gasteiger partial charge on any atom is -0.461 e. The van der Waals surface area contributed by atoms with Crippen LogP contribution in [0.15, 0.2) is 29.4 Å². The maximum atomic E-state index is 10.9. The number of nitrogens with zero attached hydrogens (tertiary/aromatic N) is 4. The average Bonchev–Trinajstić information content (AvgIpc) is 2.32. The van der Waals surface area contributed by atoms with E-state index < -0.39 is 18.1 Å². The quantitative estimate of drug-likeness (QED) is 0.138. The van der Waals surface area contributed by atoms with Crippen molar-refractivity contribution in [2.75, 3.05) is 5.88 Å². The Kier molecular flexibility index (Phi) is 8.21. The number of carbonyl (C=O) groups is 1. The maximum Gasteiger partial charge on any atom is 0.321 e. The van der Waals surface area contributed by atoms with E-state index in [1.807, 2.05) is 0 Å². The first-order valence-corrected chi connectivity index (χ1v) is 5.21. The molecular formula is C10H11ClN4O2. The van der Waals surface area contributed by atoms with Gasteiger partial charge in [-0.2, -0.15) is 5.26 Å². The van der Waals surface area contributed by atoms with Crippen LogP contribution >= 0.6 is 11.6 Å². The Balaban J connectivity index is 4.57. The molecule has 0 aromatic carbocycles. The van der Waals surface area contributed by atoms with E-state index in [2.05, 4.69) is 10.0 Å². The highest BCUT2D eigenvalue weighted by atomic mass is 35.5. The summed E-state index contributed by atoms with van der Waals surface area (Å²) in [5.74, 6) is -0.843. The number of rotatable bonds is 6. The second-order valence-electron chi connectivity index (χ2n) is 2.90. The molecule has 0 aliphatic carbocycles. The summed E-state index contributed by atoms with van der Waals surface area (Å²) in [6.45, 7) is 1.59. The van der Waals surface area contributed by atoms with Gasteiger partial charge in [0.05, 0.1) is 12.1 Å². The van der Waals surface area contributed by atoms with Gasteiger partial charge in [0.2, 0.25) is 0 Å². The summed E-state index contributed by atoms with van der Waals surface area (Å²) in [5, 5.41) is 11.7. The Hall–Kier alpha value is -1.96. The number of alkyl halides is 1. The van der Waals surface area contributed by atoms with E-state index in [0.717, 1.165) is 0 Å². The van der Waals surface area contributed by atoms with Crippen molar-refractivity contribution in [2.45, 2.75) is 19.1 Å². The lowest BCUT2D eigenvalue weighted by molar-refractivity contribution is -0.145. The predicted molar refractivity (Wildman–Crippen MR) is 63.1 cm³/mol. The Morgan fingerprint density at radius 2 is 2.41 bits per heavy atom. The molecule has 0 aromatic rings. The summed E-state index contributed by atoms with van der Waals surface area (Å²) in [5.41, 5.74) is 8.37. The molecule has 0 saturated heterocycles. The van der Waals surface area contributed by atoms with Crippen LogP contribution < -0.4 is 0 Å². The van der Waals surface area contributed by atoms with Gasteiger partial charge in [-0.15, -0.1) is 11.6 Å². The Labute approximate surface area is 104 Å². The Morgan fingerprint density at radius 1 is 1.71 bits per heavy atom. The first-order valence-electron chi connectivity index (χ1n) is 4.68. The fourth-order valence-electron chi connectivity index (χ4n) is 0.934. The van der Waals surface area contributed by atoms with E-state index in [9.17, 15) is 4.79 Å². The van der Waals surface area contributed by atoms with Crippen LogP contribution in [0, 0.1) is 11.3 Å². The molecule has 0 saturated carbocycles. The molecule has 7 heteroatoms. The molecule has 17 heavy (non-hydrogen) atoms. The topological polar surface area (TPSA) is 98.9 Å². The largest absolute Gasteiger partial charge is 0.461 e. The summed E-state index contributed by atoms with van der Waals surface area (Å²) in [4.78, 5) is 13.6. The van der Waals surface area contributed by atoms with Crippen molar-refractivity contribution in [3.8, 4) is 6.07 Å². The molecule has 0 aromatic heterocycles. The molecule has 90 valence electrons. The third kappa shape index (κ3) is 7.01. The van der Waals surface area contributed by atoms with E-state index in [1.165, 1.54) is 24.3 Å². The maximum absolute atomic E-state index is 10.9. The molecule has 0 aliphatic heterocycles. The van der Waals surface area contributed by atoms with E-state index in [-0.39, 0.29) is 5.88 Å². The van der Waals surface area contributed by atoms with E-state index in [4.69, 9.17) is 27.1 Å². The first kappa shape index (κ1) is 15.0. The Morgan fingerprint density at radius 3 is 2.94 bits per heavy atom. The molecular weight excluding hydrogens is 244 g/mol. The minimum atomic E-state index is -0.643. The molecule has 0 heterocycles. The zero-order chi connectivity index (χ0) is 13.1. The predicted octanol–water partition coefficient (Wildman–Crippen LogP) is 2.47. The standard InChI is InChI=1S/C10H11ClN4O2/c1-8(17-10(16)7-11)9(14-15-13)5-3-2-4-6-12/h2-5,8-9H,7H2,1H3/b4-2+,5-3+/t8-,9-/m0/s1. The third-order valence-electron chi connectivity index (χ3n) is 1.68. The van der Waals surface area contributed by atoms with Gasteiger partial charge in [0.25, 0.3) is 0 Å². The highest BCUT2D eigenvalue weighted by Gasteiger charge is 2.16. The van der Waals surface area contributed by atoms with Gasteiger partial charge >= 0.3 is 5.97 Å². The molecule has 6 nitrogen and oxygen atoms in total. The van der Waals surface area contributed by atoms with Gasteiger partial charge in [-0.05, 0) is 12.5 Å². The highest BCUT2D eigenvalue weighted by molar-refractivity contribution is 6.26. The van der Waals surface area contributed by atoms with Crippen LogP contribution in [0.4, 0.5) is 0 Å². The molecule has 0 radical (unpaired) electrons. The minimum absolute atomic E-state index is 0.259. The number of ether oxygens (including phenoxy) is 1. The van der Waals surface area contributed by atoms with Gasteiger partial charge < -0.3 is 4.74 Å². The normalized spacial score (nSPS) is 13.9. The molecule has 0 N–H and O–H groups in total. The van der Waals surface area contributed by atoms with Crippen molar-refractivity contribution in [3.05, 3.63) is 34.7 Å². The summed E-state index contributed by atoms with van der Waals surface area (Å²) < 4.78 is 4.90. The number of halogens is 1. The summed E-state index contributed by atoms with van der Waals surface area (Å²) in [6, 6.07) is 1.16. The second-order valence-corrected chi connectivity index (χ2v) is 3.16. The summed E-state index contributed by atoms with van der Waals surface area (Å²) in [7, 11) is 0. The van der Waals surface area contributed by atoms with E-state index >= 15 is 0 Å². The van der Waals surface area contributed by atoms with Crippen LogP contribution in [0.3, 0.4) is 0 Å². The third-order valence-corrected chi connectivity index (χ3v) is 1.90. The molecule has 0 amide bonds. The summed E-state index contributed by atoms with van der Waals surface area (Å²) >= 11 is 5.28. The van der Waals surface area contributed by atoms with Crippen LogP contribution in [-0.4, -0.2) is 24.0 Å². The van der Waals surface area contributed by atoms with Crippen molar-refractivity contribution >= 4 is 17.6 Å². The molecule has 2 atom stereocenters. The van der Waals surface area contributed by atoms with Crippen LogP contribution in [0.1, 0.15) is 6.92 Å². The van der Waals surface area contributed by atoms with Gasteiger partial charge in [0.15, 0.2) is 0 Å². The van der Waals surface area contributed by atoms with Gasteiger partial charge in [-0.25, -0.2) is 0 Å². The zero-order valence-corrected chi connectivity index (χ0v) is 9.91. The second kappa shape index (κ2) is 9.28. The first-order chi connectivity index (χ1) is 8.15. The van der Waals surface area contributed by atoms with Crippen molar-refractivity contribution < 1.29 is 9.53 Å². The zero-order valence-electron chi connectivity index (χ0n) is 9.15. The van der Waals surface area contributed by atoms with Gasteiger partial charge in [0.1, 0.15) is 12.0 Å². The molecule has 0 bridgehead atoms. The molecule has 0 unspecified atom stereocenters. The lowest BCUT2D eigenvalue weighted by atomic mass is 10.2. The number of hydrogen-bond donors (Lipinski definition) is 0. The lowest BCUT2D eigenvalue weighted by Gasteiger charge is -2.16. The Bertz CT molecular complexity index is 394. The van der Waals surface area contributed by atoms with Crippen LogP contribution in [0.5, 0.6) is 0 Å². The monoisotopic (exact) mass is 254 g/mol. The fraction of sp³-hybridized carbons (Fsp3) is 0.400. The molecule has 0 aliphatic rings. The van der Waals surface area contributed by atoms with E-state index in [0.29, 0.717) is 0 Å². The van der Waals surface area contributed by atoms with Gasteiger partial charge in [0, 0.05) is 11.0 Å². The van der Waals surface area contributed by atoms with Crippen molar-refractivity contribution in [2.24, 2.45) is 5.11 Å². The highest BCUT2D eigenvalue weighted by Crippen LogP contribution is 2.07. The van der Waals surface area contributed by atoms with Gasteiger partial charge in [-0.1, -0.05) is 23.3 Å². The number of allylic oxidation sites excluding steroid dienone is 3. The number of carbonyl (C=O) groups excluding carboxylic acids is 1. The molecule has 0 spiro atoms. The van der Waals surface area contributed by atoms with Crippen LogP contribution in [0.25, 0.3) is 10.4 Å². The lowest BCUT2D eigenvalue weighted by Crippen LogP contribution is -2.26. The van der Waals surface area contributed by atoms with Crippen molar-refractivity contribution in [3.63, 3.8) is 0 Å². The average molecular weight is 255 g/mol. The number of hydrogen-bond acceptors (Lipinski definition) is 4. The van der Waals surface area contributed by atoms with Gasteiger partial charge in [-0.3, -0.25) is 4.79 Å². The number of esters is 1. The smallest absolute Gasteiger partial charge is 0.321 e. The molecule has 0 fully saturated rings. The van der Waals surface area contributed by atoms with E-state index in [1.54, 1.807) is 13.0 Å². The van der Waals surface area contributed by atoms with Crippen molar-refractivity contribution in [1.82, 2.24) is 0 Å².